The normalized spacial score (nSPS) is 10.8. The predicted octanol–water partition coefficient (Wildman–Crippen LogP) is -2.32. The molecular weight excluding hydrogens is 273 g/mol. The number of aromatic carboxylic acids is 1. The van der Waals surface area contributed by atoms with E-state index in [1.807, 2.05) is 6.92 Å². The van der Waals surface area contributed by atoms with Gasteiger partial charge in [0.1, 0.15) is 10.8 Å². The predicted molar refractivity (Wildman–Crippen MR) is 60.5 cm³/mol. The van der Waals surface area contributed by atoms with Gasteiger partial charge in [0.25, 0.3) is 0 Å². The first-order chi connectivity index (χ1) is 7.88. The van der Waals surface area contributed by atoms with Crippen LogP contribution in [-0.4, -0.2) is 25.1 Å². The van der Waals surface area contributed by atoms with Crippen LogP contribution in [0.3, 0.4) is 0 Å². The Morgan fingerprint density at radius 3 is 2.56 bits per heavy atom. The van der Waals surface area contributed by atoms with Crippen LogP contribution in [0.2, 0.25) is 5.15 Å². The SMILES string of the molecule is CCCCS(=O)(=O)c1ccc(Cl)nc1C(=O)[O-].[Li+]. The second kappa shape index (κ2) is 7.15. The van der Waals surface area contributed by atoms with Crippen molar-refractivity contribution < 1.29 is 37.2 Å². The molecule has 94 valence electrons. The molecule has 1 aromatic heterocycles. The zero-order chi connectivity index (χ0) is 13.1. The molecule has 1 heterocycles. The average Bonchev–Trinajstić information content (AvgIpc) is 2.26. The number of carboxylic acids is 1. The van der Waals surface area contributed by atoms with Gasteiger partial charge < -0.3 is 9.90 Å². The molecular formula is C10H11ClLiNO4S. The second-order valence-electron chi connectivity index (χ2n) is 3.44. The molecule has 0 saturated carbocycles. The summed E-state index contributed by atoms with van der Waals surface area (Å²) in [7, 11) is -3.66. The number of carbonyl (C=O) groups excluding carboxylic acids is 1. The Kier molecular flexibility index (Phi) is 6.93. The summed E-state index contributed by atoms with van der Waals surface area (Å²) in [4.78, 5) is 13.9. The van der Waals surface area contributed by atoms with Crippen LogP contribution in [-0.2, 0) is 9.84 Å². The molecule has 0 atom stereocenters. The van der Waals surface area contributed by atoms with E-state index >= 15 is 0 Å². The van der Waals surface area contributed by atoms with E-state index in [0.717, 1.165) is 6.07 Å². The number of carboxylic acid groups (broad SMARTS) is 1. The summed E-state index contributed by atoms with van der Waals surface area (Å²) in [6.45, 7) is 1.84. The Hall–Kier alpha value is -0.543. The van der Waals surface area contributed by atoms with E-state index in [1.54, 1.807) is 0 Å². The standard InChI is InChI=1S/C10H12ClNO4S.Li/c1-2-3-6-17(15,16)7-4-5-8(11)12-9(7)10(13)14;/h4-5H,2-3,6H2,1H3,(H,13,14);/q;+1/p-1. The molecule has 5 nitrogen and oxygen atoms in total. The van der Waals surface area contributed by atoms with Gasteiger partial charge in [0.2, 0.25) is 0 Å². The first-order valence-corrected chi connectivity index (χ1v) is 7.02. The topological polar surface area (TPSA) is 87.2 Å². The number of nitrogens with zero attached hydrogens (tertiary/aromatic N) is 1. The van der Waals surface area contributed by atoms with Crippen LogP contribution < -0.4 is 24.0 Å². The molecule has 0 amide bonds. The van der Waals surface area contributed by atoms with Crippen LogP contribution in [0.25, 0.3) is 0 Å². The summed E-state index contributed by atoms with van der Waals surface area (Å²) in [6, 6.07) is 2.39. The van der Waals surface area contributed by atoms with Gasteiger partial charge in [-0.2, -0.15) is 0 Å². The molecule has 0 saturated heterocycles. The van der Waals surface area contributed by atoms with Crippen molar-refractivity contribution in [1.82, 2.24) is 4.98 Å². The molecule has 0 fully saturated rings. The smallest absolute Gasteiger partial charge is 0.543 e. The molecule has 1 aromatic rings. The van der Waals surface area contributed by atoms with E-state index in [1.165, 1.54) is 6.07 Å². The van der Waals surface area contributed by atoms with E-state index in [9.17, 15) is 18.3 Å². The molecule has 0 aromatic carbocycles. The third-order valence-electron chi connectivity index (χ3n) is 2.12. The molecule has 0 radical (unpaired) electrons. The van der Waals surface area contributed by atoms with Crippen molar-refractivity contribution in [3.05, 3.63) is 23.0 Å². The quantitative estimate of drug-likeness (QED) is 0.447. The third-order valence-corrected chi connectivity index (χ3v) is 4.16. The van der Waals surface area contributed by atoms with Crippen LogP contribution in [0.5, 0.6) is 0 Å². The van der Waals surface area contributed by atoms with Gasteiger partial charge >= 0.3 is 18.9 Å². The fourth-order valence-electron chi connectivity index (χ4n) is 1.26. The number of halogens is 1. The van der Waals surface area contributed by atoms with Crippen LogP contribution in [0.1, 0.15) is 30.3 Å². The maximum atomic E-state index is 11.9. The Balaban J connectivity index is 0.00000289. The number of unbranched alkanes of at least 4 members (excludes halogenated alkanes) is 1. The summed E-state index contributed by atoms with van der Waals surface area (Å²) in [6.07, 6.45) is 1.15. The first-order valence-electron chi connectivity index (χ1n) is 4.99. The van der Waals surface area contributed by atoms with Gasteiger partial charge in [-0.3, -0.25) is 0 Å². The Morgan fingerprint density at radius 1 is 1.44 bits per heavy atom. The van der Waals surface area contributed by atoms with Crippen LogP contribution in [0.4, 0.5) is 0 Å². The minimum absolute atomic E-state index is 0. The molecule has 0 aliphatic rings. The van der Waals surface area contributed by atoms with Crippen molar-refractivity contribution in [1.29, 1.82) is 0 Å². The zero-order valence-corrected chi connectivity index (χ0v) is 11.7. The number of hydrogen-bond donors (Lipinski definition) is 0. The van der Waals surface area contributed by atoms with E-state index in [2.05, 4.69) is 4.98 Å². The summed E-state index contributed by atoms with van der Waals surface area (Å²) >= 11 is 5.52. The van der Waals surface area contributed by atoms with Crippen molar-refractivity contribution >= 4 is 27.4 Å². The molecule has 18 heavy (non-hydrogen) atoms. The number of carbonyl (C=O) groups is 1. The largest absolute Gasteiger partial charge is 1.00 e. The van der Waals surface area contributed by atoms with Crippen molar-refractivity contribution in [3.63, 3.8) is 0 Å². The number of hydrogen-bond acceptors (Lipinski definition) is 5. The molecule has 0 unspecified atom stereocenters. The van der Waals surface area contributed by atoms with Gasteiger partial charge in [-0.15, -0.1) is 0 Å². The van der Waals surface area contributed by atoms with Gasteiger partial charge in [0, 0.05) is 0 Å². The van der Waals surface area contributed by atoms with Gasteiger partial charge in [-0.25, -0.2) is 13.4 Å². The average molecular weight is 284 g/mol. The Bertz CT molecular complexity index is 533. The van der Waals surface area contributed by atoms with Crippen LogP contribution in [0, 0.1) is 0 Å². The second-order valence-corrected chi connectivity index (χ2v) is 5.91. The van der Waals surface area contributed by atoms with E-state index in [0.29, 0.717) is 12.8 Å². The van der Waals surface area contributed by atoms with Crippen LogP contribution in [0.15, 0.2) is 17.0 Å². The first kappa shape index (κ1) is 17.5. The minimum atomic E-state index is -3.66. The summed E-state index contributed by atoms with van der Waals surface area (Å²) in [5.74, 6) is -1.77. The van der Waals surface area contributed by atoms with Gasteiger partial charge in [0.05, 0.1) is 16.6 Å². The number of rotatable bonds is 5. The van der Waals surface area contributed by atoms with Crippen LogP contribution >= 0.6 is 11.6 Å². The molecule has 0 N–H and O–H groups in total. The molecule has 0 aliphatic heterocycles. The zero-order valence-electron chi connectivity index (χ0n) is 10.1. The number of pyridine rings is 1. The van der Waals surface area contributed by atoms with Crippen molar-refractivity contribution in [3.8, 4) is 0 Å². The molecule has 1 rings (SSSR count). The number of aromatic nitrogens is 1. The van der Waals surface area contributed by atoms with Gasteiger partial charge in [0.15, 0.2) is 9.84 Å². The maximum Gasteiger partial charge on any atom is 1.00 e. The van der Waals surface area contributed by atoms with Gasteiger partial charge in [-0.05, 0) is 18.6 Å². The third kappa shape index (κ3) is 4.29. The van der Waals surface area contributed by atoms with Crippen molar-refractivity contribution in [2.75, 3.05) is 5.75 Å². The van der Waals surface area contributed by atoms with E-state index in [-0.39, 0.29) is 34.7 Å². The van der Waals surface area contributed by atoms with Crippen molar-refractivity contribution in [2.24, 2.45) is 0 Å². The molecule has 0 aliphatic carbocycles. The van der Waals surface area contributed by atoms with Crippen molar-refractivity contribution in [2.45, 2.75) is 24.7 Å². The summed E-state index contributed by atoms with van der Waals surface area (Å²) in [5, 5.41) is 10.7. The van der Waals surface area contributed by atoms with E-state index < -0.39 is 21.5 Å². The summed E-state index contributed by atoms with van der Waals surface area (Å²) in [5.41, 5.74) is -0.631. The molecule has 0 bridgehead atoms. The molecule has 8 heteroatoms. The Morgan fingerprint density at radius 2 is 2.06 bits per heavy atom. The molecule has 0 spiro atoms. The fourth-order valence-corrected chi connectivity index (χ4v) is 3.00. The maximum absolute atomic E-state index is 11.9. The monoisotopic (exact) mass is 283 g/mol. The van der Waals surface area contributed by atoms with Gasteiger partial charge in [-0.1, -0.05) is 24.9 Å². The summed E-state index contributed by atoms with van der Waals surface area (Å²) < 4.78 is 23.7. The fraction of sp³-hybridized carbons (Fsp3) is 0.400. The number of sulfone groups is 1. The minimum Gasteiger partial charge on any atom is -0.543 e. The van der Waals surface area contributed by atoms with E-state index in [4.69, 9.17) is 11.6 Å². The Labute approximate surface area is 123 Å².